The minimum absolute atomic E-state index is 0.0527. The molecule has 0 aliphatic rings. The molecule has 0 unspecified atom stereocenters. The molecule has 2 rings (SSSR count). The highest BCUT2D eigenvalue weighted by Gasteiger charge is 2.13. The molecule has 0 aliphatic heterocycles. The van der Waals surface area contributed by atoms with Gasteiger partial charge in [-0.1, -0.05) is 6.07 Å². The highest BCUT2D eigenvalue weighted by atomic mass is 19.1. The van der Waals surface area contributed by atoms with Gasteiger partial charge in [-0.3, -0.25) is 0 Å². The quantitative estimate of drug-likeness (QED) is 0.831. The predicted molar refractivity (Wildman–Crippen MR) is 74.7 cm³/mol. The van der Waals surface area contributed by atoms with Crippen molar-refractivity contribution in [3.05, 3.63) is 53.1 Å². The van der Waals surface area contributed by atoms with Gasteiger partial charge in [-0.2, -0.15) is 0 Å². The largest absolute Gasteiger partial charge is 0.395 e. The molecule has 2 aromatic carbocycles. The van der Waals surface area contributed by atoms with Crippen molar-refractivity contribution in [2.24, 2.45) is 0 Å². The lowest BCUT2D eigenvalue weighted by atomic mass is 10.1. The predicted octanol–water partition coefficient (Wildman–Crippen LogP) is 3.93. The van der Waals surface area contributed by atoms with Gasteiger partial charge in [0.1, 0.15) is 5.82 Å². The lowest BCUT2D eigenvalue weighted by molar-refractivity contribution is 0.586. The molecule has 0 fully saturated rings. The maximum absolute atomic E-state index is 13.5. The van der Waals surface area contributed by atoms with Crippen molar-refractivity contribution in [2.75, 3.05) is 17.7 Å². The van der Waals surface area contributed by atoms with Crippen molar-refractivity contribution >= 4 is 17.1 Å². The summed E-state index contributed by atoms with van der Waals surface area (Å²) in [7, 11) is 1.73. The molecule has 0 amide bonds. The number of benzene rings is 2. The summed E-state index contributed by atoms with van der Waals surface area (Å²) in [5.41, 5.74) is 8.96. The zero-order valence-corrected chi connectivity index (χ0v) is 11.2. The number of aryl methyl sites for hydroxylation is 2. The summed E-state index contributed by atoms with van der Waals surface area (Å²) in [6.07, 6.45) is 0. The first kappa shape index (κ1) is 13.3. The topological polar surface area (TPSA) is 29.3 Å². The smallest absolute Gasteiger partial charge is 0.151 e. The molecule has 0 saturated carbocycles. The fourth-order valence-corrected chi connectivity index (χ4v) is 2.13. The van der Waals surface area contributed by atoms with Crippen molar-refractivity contribution in [1.82, 2.24) is 0 Å². The summed E-state index contributed by atoms with van der Waals surface area (Å²) in [6.45, 7) is 3.94. The molecule has 0 aliphatic carbocycles. The third-order valence-corrected chi connectivity index (χ3v) is 3.03. The molecular weight excluding hydrogens is 246 g/mol. The summed E-state index contributed by atoms with van der Waals surface area (Å²) >= 11 is 0. The summed E-state index contributed by atoms with van der Waals surface area (Å²) in [5.74, 6) is -1.39. The van der Waals surface area contributed by atoms with E-state index in [1.54, 1.807) is 11.9 Å². The monoisotopic (exact) mass is 262 g/mol. The van der Waals surface area contributed by atoms with E-state index in [1.165, 1.54) is 6.07 Å². The normalized spacial score (nSPS) is 10.6. The molecule has 0 bridgehead atoms. The van der Waals surface area contributed by atoms with E-state index in [0.29, 0.717) is 5.69 Å². The lowest BCUT2D eigenvalue weighted by Gasteiger charge is -2.22. The molecular formula is C15H16F2N2. The highest BCUT2D eigenvalue weighted by Crippen LogP contribution is 2.32. The van der Waals surface area contributed by atoms with Gasteiger partial charge in [-0.25, -0.2) is 8.78 Å². The molecule has 100 valence electrons. The van der Waals surface area contributed by atoms with Crippen molar-refractivity contribution in [3.8, 4) is 0 Å². The lowest BCUT2D eigenvalue weighted by Crippen LogP contribution is -2.13. The standard InChI is InChI=1S/C15H16F2N2/c1-9-4-10(2)6-12(5-9)19(3)14-8-11(16)7-13(17)15(14)18/h4-8H,18H2,1-3H3. The van der Waals surface area contributed by atoms with Gasteiger partial charge < -0.3 is 10.6 Å². The summed E-state index contributed by atoms with van der Waals surface area (Å²) in [5, 5.41) is 0. The number of halogens is 2. The average molecular weight is 262 g/mol. The van der Waals surface area contributed by atoms with Crippen molar-refractivity contribution in [1.29, 1.82) is 0 Å². The van der Waals surface area contributed by atoms with Gasteiger partial charge in [0.2, 0.25) is 0 Å². The van der Waals surface area contributed by atoms with Crippen LogP contribution in [0.2, 0.25) is 0 Å². The Bertz CT molecular complexity index is 604. The van der Waals surface area contributed by atoms with Crippen LogP contribution in [-0.4, -0.2) is 7.05 Å². The number of hydrogen-bond donors (Lipinski definition) is 1. The second-order valence-electron chi connectivity index (χ2n) is 4.73. The molecule has 0 saturated heterocycles. The number of nitrogen functional groups attached to an aromatic ring is 1. The van der Waals surface area contributed by atoms with E-state index in [9.17, 15) is 8.78 Å². The maximum atomic E-state index is 13.5. The highest BCUT2D eigenvalue weighted by molar-refractivity contribution is 5.75. The van der Waals surface area contributed by atoms with E-state index in [1.807, 2.05) is 32.0 Å². The first-order valence-electron chi connectivity index (χ1n) is 5.95. The Balaban J connectivity index is 2.52. The summed E-state index contributed by atoms with van der Waals surface area (Å²) < 4.78 is 26.8. The average Bonchev–Trinajstić information content (AvgIpc) is 2.31. The molecule has 0 spiro atoms. The fraction of sp³-hybridized carbons (Fsp3) is 0.200. The number of rotatable bonds is 2. The molecule has 0 radical (unpaired) electrons. The van der Waals surface area contributed by atoms with Crippen LogP contribution in [-0.2, 0) is 0 Å². The van der Waals surface area contributed by atoms with Crippen LogP contribution in [0.5, 0.6) is 0 Å². The van der Waals surface area contributed by atoms with E-state index in [0.717, 1.165) is 22.9 Å². The van der Waals surface area contributed by atoms with E-state index < -0.39 is 11.6 Å². The fourth-order valence-electron chi connectivity index (χ4n) is 2.13. The van der Waals surface area contributed by atoms with Crippen LogP contribution in [0, 0.1) is 25.5 Å². The van der Waals surface area contributed by atoms with Crippen LogP contribution in [0.1, 0.15) is 11.1 Å². The summed E-state index contributed by atoms with van der Waals surface area (Å²) in [4.78, 5) is 1.68. The van der Waals surface area contributed by atoms with Gasteiger partial charge in [0, 0.05) is 18.8 Å². The minimum Gasteiger partial charge on any atom is -0.395 e. The van der Waals surface area contributed by atoms with Gasteiger partial charge in [0.15, 0.2) is 5.82 Å². The van der Waals surface area contributed by atoms with Gasteiger partial charge in [-0.15, -0.1) is 0 Å². The molecule has 19 heavy (non-hydrogen) atoms. The molecule has 2 N–H and O–H groups in total. The number of nitrogens with two attached hydrogens (primary N) is 1. The number of hydrogen-bond acceptors (Lipinski definition) is 2. The number of nitrogens with zero attached hydrogens (tertiary/aromatic N) is 1. The molecule has 0 atom stereocenters. The Morgan fingerprint density at radius 1 is 0.947 bits per heavy atom. The van der Waals surface area contributed by atoms with Crippen LogP contribution in [0.3, 0.4) is 0 Å². The van der Waals surface area contributed by atoms with E-state index >= 15 is 0 Å². The van der Waals surface area contributed by atoms with Crippen molar-refractivity contribution < 1.29 is 8.78 Å². The second-order valence-corrected chi connectivity index (χ2v) is 4.73. The van der Waals surface area contributed by atoms with Crippen molar-refractivity contribution in [3.63, 3.8) is 0 Å². The van der Waals surface area contributed by atoms with Gasteiger partial charge in [0.25, 0.3) is 0 Å². The third-order valence-electron chi connectivity index (χ3n) is 3.03. The molecule has 2 aromatic rings. The van der Waals surface area contributed by atoms with E-state index in [2.05, 4.69) is 0 Å². The molecule has 4 heteroatoms. The summed E-state index contributed by atoms with van der Waals surface area (Å²) in [6, 6.07) is 7.93. The van der Waals surface area contributed by atoms with Gasteiger partial charge in [0.05, 0.1) is 11.4 Å². The van der Waals surface area contributed by atoms with Gasteiger partial charge >= 0.3 is 0 Å². The van der Waals surface area contributed by atoms with Crippen LogP contribution >= 0.6 is 0 Å². The number of anilines is 3. The zero-order chi connectivity index (χ0) is 14.2. The Labute approximate surface area is 111 Å². The molecule has 2 nitrogen and oxygen atoms in total. The maximum Gasteiger partial charge on any atom is 0.151 e. The molecule has 0 heterocycles. The Kier molecular flexibility index (Phi) is 3.42. The Morgan fingerprint density at radius 2 is 1.53 bits per heavy atom. The third kappa shape index (κ3) is 2.67. The van der Waals surface area contributed by atoms with E-state index in [-0.39, 0.29) is 5.69 Å². The first-order chi connectivity index (χ1) is 8.88. The molecule has 0 aromatic heterocycles. The SMILES string of the molecule is Cc1cc(C)cc(N(C)c2cc(F)cc(F)c2N)c1. The minimum atomic E-state index is -0.744. The van der Waals surface area contributed by atoms with Crippen LogP contribution in [0.25, 0.3) is 0 Å². The van der Waals surface area contributed by atoms with Crippen LogP contribution in [0.4, 0.5) is 25.8 Å². The Morgan fingerprint density at radius 3 is 2.11 bits per heavy atom. The Hall–Kier alpha value is -2.10. The van der Waals surface area contributed by atoms with Crippen molar-refractivity contribution in [2.45, 2.75) is 13.8 Å². The first-order valence-corrected chi connectivity index (χ1v) is 5.95. The second kappa shape index (κ2) is 4.88. The zero-order valence-electron chi connectivity index (χ0n) is 11.2. The van der Waals surface area contributed by atoms with Crippen LogP contribution < -0.4 is 10.6 Å². The van der Waals surface area contributed by atoms with Gasteiger partial charge in [-0.05, 0) is 43.2 Å². The van der Waals surface area contributed by atoms with Crippen LogP contribution in [0.15, 0.2) is 30.3 Å². The van der Waals surface area contributed by atoms with E-state index in [4.69, 9.17) is 5.73 Å².